The molecule has 6 saturated heterocycles. The summed E-state index contributed by atoms with van der Waals surface area (Å²) in [6.45, 7) is 22.6. The molecule has 8 amide bonds. The van der Waals surface area contributed by atoms with Crippen molar-refractivity contribution in [2.75, 3.05) is 99.8 Å². The van der Waals surface area contributed by atoms with Gasteiger partial charge in [0.25, 0.3) is 23.6 Å². The molecule has 36 heteroatoms. The Morgan fingerprint density at radius 3 is 0.852 bits per heavy atom. The number of nitrogens with one attached hydrogen (secondary N) is 10. The number of hydrogen-bond donors (Lipinski definition) is 12. The Labute approximate surface area is 872 Å². The Balaban J connectivity index is 0.000000149. The smallest absolute Gasteiger partial charge is 0.255 e. The first-order valence-electron chi connectivity index (χ1n) is 50.8. The number of anilines is 4. The van der Waals surface area contributed by atoms with Crippen LogP contribution < -0.4 is 62.3 Å². The first-order valence-corrected chi connectivity index (χ1v) is 56.8. The molecule has 0 aromatic heterocycles. The highest BCUT2D eigenvalue weighted by atomic mass is 32.2. The summed E-state index contributed by atoms with van der Waals surface area (Å²) in [5.74, 6) is -0.713. The van der Waals surface area contributed by atoms with Crippen LogP contribution in [0, 0.1) is 38.5 Å². The first kappa shape index (κ1) is 110. The summed E-state index contributed by atoms with van der Waals surface area (Å²) < 4.78 is 119. The van der Waals surface area contributed by atoms with E-state index in [0.29, 0.717) is 224 Å². The van der Waals surface area contributed by atoms with E-state index in [0.717, 1.165) is 48.2 Å². The average molecular weight is 2100 g/mol. The number of rotatable bonds is 27. The van der Waals surface area contributed by atoms with E-state index in [1.54, 1.807) is 174 Å². The zero-order chi connectivity index (χ0) is 106. The number of piperidine rings is 4. The minimum absolute atomic E-state index is 0.00290. The van der Waals surface area contributed by atoms with Gasteiger partial charge in [0.15, 0.2) is 0 Å². The first-order chi connectivity index (χ1) is 71.2. The molecule has 32 nitrogen and oxygen atoms in total. The third-order valence-corrected chi connectivity index (χ3v) is 35.1. The summed E-state index contributed by atoms with van der Waals surface area (Å²) in [7, 11) is -15.3. The molecule has 12 aromatic carbocycles. The van der Waals surface area contributed by atoms with E-state index in [9.17, 15) is 72.0 Å². The van der Waals surface area contributed by atoms with Gasteiger partial charge in [0, 0.05) is 191 Å². The highest BCUT2D eigenvalue weighted by Crippen LogP contribution is 2.39. The Hall–Kier alpha value is -13.1. The van der Waals surface area contributed by atoms with Crippen LogP contribution in [0.2, 0.25) is 0 Å². The Morgan fingerprint density at radius 1 is 0.322 bits per heavy atom. The van der Waals surface area contributed by atoms with Gasteiger partial charge in [0.05, 0.1) is 31.7 Å². The largest absolute Gasteiger partial charge is 0.343 e. The SMILES string of the molecule is Cc1ccccc1C(=O)Nc1cccc2c(S(=O)(=O)NC3CCN(C(=O)CCCN)CC3)cccc12.Cc1ccccc1C(=O)Nc1cccc2c(S(=O)(=O)NC3CCN(C(=O)CCN)CC3)cccc12.Cc1ccccc1C(=O)Nc1cccc2c(S(=O)(=O)NC3CCN(C(=O)[C@@H]4CC(C)(C)CN4)CC3)cccc12.Cc1ccccc1C(=O)Nc1cccc2c(S(=O)(=O)NC3CCN(C(=O)[C@H]4NCCC4(C)C)CC3)cccc12. The van der Waals surface area contributed by atoms with Crippen molar-refractivity contribution >= 4 is 153 Å². The molecular formula is C113H134N16O16S4. The Bertz CT molecular complexity index is 7490. The molecule has 6 aliphatic heterocycles. The molecular weight excluding hydrogens is 1970 g/mol. The number of carbonyl (C=O) groups excluding carboxylic acids is 8. The molecule has 6 aliphatic rings. The molecule has 12 aromatic rings. The number of sulfonamides is 4. The molecule has 2 atom stereocenters. The van der Waals surface area contributed by atoms with Gasteiger partial charge >= 0.3 is 0 Å². The van der Waals surface area contributed by atoms with Crippen LogP contribution in [0.25, 0.3) is 43.1 Å². The van der Waals surface area contributed by atoms with Crippen molar-refractivity contribution in [3.8, 4) is 0 Å². The van der Waals surface area contributed by atoms with Crippen LogP contribution in [0.5, 0.6) is 0 Å². The van der Waals surface area contributed by atoms with E-state index in [1.807, 2.05) is 116 Å². The third kappa shape index (κ3) is 26.9. The topological polar surface area (TPSA) is 458 Å². The molecule has 786 valence electrons. The maximum Gasteiger partial charge on any atom is 0.255 e. The monoisotopic (exact) mass is 2100 g/mol. The maximum absolute atomic E-state index is 13.5. The highest BCUT2D eigenvalue weighted by Gasteiger charge is 2.44. The molecule has 14 N–H and O–H groups in total. The lowest BCUT2D eigenvalue weighted by Crippen LogP contribution is -2.53. The lowest BCUT2D eigenvalue weighted by molar-refractivity contribution is -0.136. The van der Waals surface area contributed by atoms with E-state index in [1.165, 1.54) is 0 Å². The summed E-state index contributed by atoms with van der Waals surface area (Å²) in [6.07, 6.45) is 7.56. The van der Waals surface area contributed by atoms with Crippen LogP contribution in [0.15, 0.2) is 262 Å². The fourth-order valence-electron chi connectivity index (χ4n) is 20.4. The summed E-state index contributed by atoms with van der Waals surface area (Å²) in [6, 6.07) is 69.2. The van der Waals surface area contributed by atoms with Crippen molar-refractivity contribution in [3.63, 3.8) is 0 Å². The van der Waals surface area contributed by atoms with E-state index in [-0.39, 0.29) is 114 Å². The second kappa shape index (κ2) is 48.3. The quantitative estimate of drug-likeness (QED) is 0.0227. The van der Waals surface area contributed by atoms with Crippen molar-refractivity contribution in [1.82, 2.24) is 49.1 Å². The van der Waals surface area contributed by atoms with Gasteiger partial charge in [-0.05, 0) is 217 Å². The van der Waals surface area contributed by atoms with Gasteiger partial charge < -0.3 is 63.0 Å². The van der Waals surface area contributed by atoms with Crippen molar-refractivity contribution in [2.45, 2.75) is 195 Å². The second-order valence-electron chi connectivity index (χ2n) is 40.6. The fraction of sp³-hybridized carbons (Fsp3) is 0.363. The Morgan fingerprint density at radius 2 is 0.591 bits per heavy atom. The lowest BCUT2D eigenvalue weighted by atomic mass is 9.84. The van der Waals surface area contributed by atoms with E-state index >= 15 is 0 Å². The number of hydrogen-bond acceptors (Lipinski definition) is 20. The average Bonchev–Trinajstić information content (AvgIpc) is 1.41. The molecule has 0 aliphatic carbocycles. The molecule has 0 unspecified atom stereocenters. The number of likely N-dealkylation sites (tertiary alicyclic amines) is 4. The molecule has 0 radical (unpaired) electrons. The number of amides is 8. The van der Waals surface area contributed by atoms with Crippen LogP contribution in [-0.2, 0) is 59.3 Å². The van der Waals surface area contributed by atoms with Crippen LogP contribution >= 0.6 is 0 Å². The predicted molar refractivity (Wildman–Crippen MR) is 584 cm³/mol. The zero-order valence-corrected chi connectivity index (χ0v) is 88.6. The number of aryl methyl sites for hydroxylation is 4. The fourth-order valence-corrected chi connectivity index (χ4v) is 26.5. The van der Waals surface area contributed by atoms with E-state index in [2.05, 4.69) is 78.5 Å². The standard InChI is InChI=1S/2C30H36N4O4S.C27H32N4O4S.C26H30N4O4S/c1-20-8-4-5-9-22(20)28(35)32-25-12-6-11-24-23(25)10-7-13-26(24)39(37,38)33-21-14-18-34(19-15-21)29(36)27-30(2,3)16-17-31-27;1-20-8-4-5-9-22(20)28(35)32-25-12-6-11-24-23(25)10-7-13-27(24)39(37,38)33-21-14-16-34(17-15-21)29(36)26-18-30(2,3)19-31-26;1-19-7-2-3-8-21(19)27(33)29-24-11-4-10-23-22(24)9-5-12-25(23)36(34,35)30-20-14-17-31(18-15-20)26(32)13-6-16-28;1-18-6-2-3-7-20(18)26(32)28-23-10-4-9-22-21(23)8-5-11-24(22)35(33,34)29-19-13-16-30(17-14-19)25(31)12-15-27/h4-13,21,27,31,33H,14-19H2,1-3H3,(H,32,35);4-13,21,26,31,33H,14-19H2,1-3H3,(H,32,35);2-5,7-12,20,30H,6,13-18,28H2,1H3,(H,29,33);2-11,19,29H,12-17,27H2,1H3,(H,28,32)/t27-;26-;;/m10../s1. The lowest BCUT2D eigenvalue weighted by Gasteiger charge is -2.36. The van der Waals surface area contributed by atoms with Crippen molar-refractivity contribution < 1.29 is 72.0 Å². The third-order valence-electron chi connectivity index (χ3n) is 28.8. The van der Waals surface area contributed by atoms with Crippen LogP contribution in [0.4, 0.5) is 22.7 Å². The van der Waals surface area contributed by atoms with Crippen molar-refractivity contribution in [2.24, 2.45) is 22.3 Å². The Kier molecular flexibility index (Phi) is 35.7. The summed E-state index contributed by atoms with van der Waals surface area (Å²) in [5, 5.41) is 23.1. The predicted octanol–water partition coefficient (Wildman–Crippen LogP) is 14.5. The van der Waals surface area contributed by atoms with Gasteiger partial charge in [-0.15, -0.1) is 0 Å². The van der Waals surface area contributed by atoms with Crippen LogP contribution in [0.3, 0.4) is 0 Å². The number of benzene rings is 12. The molecule has 0 spiro atoms. The number of fused-ring (bicyclic) bond motifs is 4. The van der Waals surface area contributed by atoms with Crippen LogP contribution in [0.1, 0.15) is 175 Å². The minimum Gasteiger partial charge on any atom is -0.343 e. The second-order valence-corrected chi connectivity index (χ2v) is 47.3. The van der Waals surface area contributed by atoms with Gasteiger partial charge in [-0.3, -0.25) is 38.4 Å². The van der Waals surface area contributed by atoms with E-state index < -0.39 is 40.1 Å². The van der Waals surface area contributed by atoms with Crippen molar-refractivity contribution in [1.29, 1.82) is 0 Å². The summed E-state index contributed by atoms with van der Waals surface area (Å²) >= 11 is 0. The molecule has 6 heterocycles. The van der Waals surface area contributed by atoms with Gasteiger partial charge in [0.1, 0.15) is 0 Å². The summed E-state index contributed by atoms with van der Waals surface area (Å²) in [5.41, 5.74) is 18.9. The molecule has 18 rings (SSSR count). The summed E-state index contributed by atoms with van der Waals surface area (Å²) in [4.78, 5) is 110. The van der Waals surface area contributed by atoms with Gasteiger partial charge in [0.2, 0.25) is 63.7 Å². The normalized spacial score (nSPS) is 17.4. The number of nitrogens with two attached hydrogens (primary N) is 2. The maximum atomic E-state index is 13.5. The molecule has 0 bridgehead atoms. The zero-order valence-electron chi connectivity index (χ0n) is 85.3. The van der Waals surface area contributed by atoms with Gasteiger partial charge in [-0.25, -0.2) is 52.6 Å². The number of nitrogens with zero attached hydrogens (tertiary/aromatic N) is 4. The minimum atomic E-state index is -3.84. The highest BCUT2D eigenvalue weighted by molar-refractivity contribution is 7.90. The van der Waals surface area contributed by atoms with Crippen molar-refractivity contribution in [3.05, 3.63) is 287 Å². The van der Waals surface area contributed by atoms with Gasteiger partial charge in [-0.1, -0.05) is 198 Å². The van der Waals surface area contributed by atoms with Gasteiger partial charge in [-0.2, -0.15) is 0 Å². The molecule has 6 fully saturated rings. The van der Waals surface area contributed by atoms with Crippen LogP contribution in [-0.4, -0.2) is 215 Å². The molecule has 0 saturated carbocycles. The van der Waals surface area contributed by atoms with E-state index in [4.69, 9.17) is 11.5 Å². The number of carbonyl (C=O) groups is 8. The molecule has 149 heavy (non-hydrogen) atoms.